The summed E-state index contributed by atoms with van der Waals surface area (Å²) in [6.45, 7) is 2.00. The van der Waals surface area contributed by atoms with Gasteiger partial charge in [-0.3, -0.25) is 0 Å². The number of hydrogen-bond donors (Lipinski definition) is 0. The van der Waals surface area contributed by atoms with Crippen molar-refractivity contribution < 1.29 is 58.5 Å². The fourth-order valence-corrected chi connectivity index (χ4v) is 4.18. The Bertz CT molecular complexity index is 622. The highest BCUT2D eigenvalue weighted by Gasteiger charge is 2.86. The molecule has 0 amide bonds. The van der Waals surface area contributed by atoms with E-state index in [-0.39, 0.29) is 5.92 Å². The summed E-state index contributed by atoms with van der Waals surface area (Å²) in [5, 5.41) is 0. The Labute approximate surface area is 159 Å². The SMILES string of the molecule is C=C(C(=O)OCOC)C(F)(F)F.FC(F)(F)C1(C(F)(F)F)OC2C3CCC(C3)C21. The van der Waals surface area contributed by atoms with Crippen LogP contribution in [0.15, 0.2) is 12.2 Å². The minimum Gasteiger partial charge on any atom is -0.435 e. The van der Waals surface area contributed by atoms with Gasteiger partial charge in [0.2, 0.25) is 0 Å². The molecular weight excluding hydrogens is 427 g/mol. The summed E-state index contributed by atoms with van der Waals surface area (Å²) < 4.78 is 124. The lowest BCUT2D eigenvalue weighted by Crippen LogP contribution is -2.75. The van der Waals surface area contributed by atoms with E-state index in [2.05, 4.69) is 20.8 Å². The van der Waals surface area contributed by atoms with Gasteiger partial charge < -0.3 is 14.2 Å². The monoisotopic (exact) mass is 444 g/mol. The number of fused-ring (bicyclic) bond motifs is 5. The maximum absolute atomic E-state index is 12.8. The molecule has 1 saturated heterocycles. The highest BCUT2D eigenvalue weighted by molar-refractivity contribution is 5.89. The molecule has 0 aromatic heterocycles. The molecule has 4 atom stereocenters. The van der Waals surface area contributed by atoms with Crippen LogP contribution < -0.4 is 0 Å². The maximum atomic E-state index is 12.8. The first-order valence-electron chi connectivity index (χ1n) is 8.31. The predicted molar refractivity (Wildman–Crippen MR) is 77.2 cm³/mol. The van der Waals surface area contributed by atoms with Crippen LogP contribution in [0.25, 0.3) is 0 Å². The first-order valence-corrected chi connectivity index (χ1v) is 8.31. The van der Waals surface area contributed by atoms with E-state index in [0.717, 1.165) is 0 Å². The average molecular weight is 444 g/mol. The number of methoxy groups -OCH3 is 1. The zero-order valence-electron chi connectivity index (χ0n) is 14.9. The van der Waals surface area contributed by atoms with Gasteiger partial charge in [-0.05, 0) is 31.1 Å². The van der Waals surface area contributed by atoms with E-state index >= 15 is 0 Å². The van der Waals surface area contributed by atoms with Gasteiger partial charge in [-0.15, -0.1) is 0 Å². The summed E-state index contributed by atoms with van der Waals surface area (Å²) >= 11 is 0. The minimum absolute atomic E-state index is 0.108. The van der Waals surface area contributed by atoms with Crippen molar-refractivity contribution in [2.24, 2.45) is 17.8 Å². The molecule has 1 aliphatic heterocycles. The van der Waals surface area contributed by atoms with Gasteiger partial charge in [-0.2, -0.15) is 39.5 Å². The third-order valence-electron chi connectivity index (χ3n) is 5.37. The molecule has 3 fully saturated rings. The van der Waals surface area contributed by atoms with Crippen LogP contribution in [-0.2, 0) is 19.0 Å². The lowest BCUT2D eigenvalue weighted by atomic mass is 9.68. The standard InChI is InChI=1S/C10H10F6O.C6H7F3O3/c11-9(12,13)8(10(14,15)16)6-4-1-2-5(3-4)7(6)17-8;1-4(6(7,8)9)5(10)12-3-11-2/h4-7H,1-3H2;1,3H2,2H3. The molecule has 1 heterocycles. The summed E-state index contributed by atoms with van der Waals surface area (Å²) in [6, 6.07) is 0. The predicted octanol–water partition coefficient (Wildman–Crippen LogP) is 4.55. The van der Waals surface area contributed by atoms with Gasteiger partial charge in [-0.25, -0.2) is 4.79 Å². The van der Waals surface area contributed by atoms with Gasteiger partial charge in [0, 0.05) is 13.0 Å². The quantitative estimate of drug-likeness (QED) is 0.278. The van der Waals surface area contributed by atoms with E-state index in [1.807, 2.05) is 0 Å². The van der Waals surface area contributed by atoms with Gasteiger partial charge in [-0.1, -0.05) is 6.58 Å². The molecule has 0 aromatic rings. The largest absolute Gasteiger partial charge is 0.435 e. The molecule has 4 unspecified atom stereocenters. The maximum Gasteiger partial charge on any atom is 0.426 e. The molecule has 0 radical (unpaired) electrons. The van der Waals surface area contributed by atoms with Crippen LogP contribution in [0.2, 0.25) is 0 Å². The Morgan fingerprint density at radius 1 is 1.03 bits per heavy atom. The second-order valence-corrected chi connectivity index (χ2v) is 6.99. The van der Waals surface area contributed by atoms with Crippen LogP contribution in [0.5, 0.6) is 0 Å². The molecule has 3 aliphatic rings. The van der Waals surface area contributed by atoms with Crippen LogP contribution in [0, 0.1) is 17.8 Å². The molecule has 29 heavy (non-hydrogen) atoms. The molecule has 13 heteroatoms. The number of hydrogen-bond acceptors (Lipinski definition) is 4. The highest BCUT2D eigenvalue weighted by Crippen LogP contribution is 2.69. The van der Waals surface area contributed by atoms with Crippen molar-refractivity contribution in [3.63, 3.8) is 0 Å². The number of rotatable bonds is 3. The van der Waals surface area contributed by atoms with Crippen molar-refractivity contribution >= 4 is 5.97 Å². The lowest BCUT2D eigenvalue weighted by Gasteiger charge is -2.56. The first-order chi connectivity index (χ1) is 13.1. The summed E-state index contributed by atoms with van der Waals surface area (Å²) in [5.74, 6) is -3.53. The Balaban J connectivity index is 0.000000223. The van der Waals surface area contributed by atoms with Crippen molar-refractivity contribution in [2.45, 2.75) is 49.5 Å². The molecular formula is C16H17F9O4. The van der Waals surface area contributed by atoms with Crippen molar-refractivity contribution in [2.75, 3.05) is 13.9 Å². The van der Waals surface area contributed by atoms with Gasteiger partial charge in [0.05, 0.1) is 6.10 Å². The van der Waals surface area contributed by atoms with E-state index in [1.165, 1.54) is 7.11 Å². The topological polar surface area (TPSA) is 44.8 Å². The van der Waals surface area contributed by atoms with Crippen LogP contribution in [0.1, 0.15) is 19.3 Å². The summed E-state index contributed by atoms with van der Waals surface area (Å²) in [4.78, 5) is 10.4. The molecule has 3 rings (SSSR count). The van der Waals surface area contributed by atoms with E-state index in [9.17, 15) is 44.3 Å². The molecule has 0 spiro atoms. The summed E-state index contributed by atoms with van der Waals surface area (Å²) in [6.07, 6.45) is -14.7. The Kier molecular flexibility index (Phi) is 6.26. The first kappa shape index (κ1) is 23.8. The second-order valence-electron chi connectivity index (χ2n) is 6.99. The third-order valence-corrected chi connectivity index (χ3v) is 5.37. The van der Waals surface area contributed by atoms with E-state index < -0.39 is 60.4 Å². The molecule has 0 aromatic carbocycles. The van der Waals surface area contributed by atoms with Crippen molar-refractivity contribution in [1.29, 1.82) is 0 Å². The molecule has 4 nitrogen and oxygen atoms in total. The second kappa shape index (κ2) is 7.64. The van der Waals surface area contributed by atoms with Gasteiger partial charge in [0.25, 0.3) is 5.60 Å². The van der Waals surface area contributed by atoms with Crippen molar-refractivity contribution in [1.82, 2.24) is 0 Å². The minimum atomic E-state index is -5.38. The lowest BCUT2D eigenvalue weighted by molar-refractivity contribution is -0.470. The van der Waals surface area contributed by atoms with Crippen molar-refractivity contribution in [3.05, 3.63) is 12.2 Å². The number of alkyl halides is 9. The van der Waals surface area contributed by atoms with E-state index in [1.54, 1.807) is 0 Å². The molecule has 0 N–H and O–H groups in total. The number of halogens is 9. The number of ether oxygens (including phenoxy) is 3. The summed E-state index contributed by atoms with van der Waals surface area (Å²) in [5.41, 5.74) is -5.44. The molecule has 2 aliphatic carbocycles. The van der Waals surface area contributed by atoms with Crippen LogP contribution in [-0.4, -0.2) is 50.1 Å². The summed E-state index contributed by atoms with van der Waals surface area (Å²) in [7, 11) is 1.18. The van der Waals surface area contributed by atoms with E-state index in [4.69, 9.17) is 0 Å². The highest BCUT2D eigenvalue weighted by atomic mass is 19.4. The fraction of sp³-hybridized carbons (Fsp3) is 0.812. The van der Waals surface area contributed by atoms with Gasteiger partial charge >= 0.3 is 24.5 Å². The van der Waals surface area contributed by atoms with Crippen LogP contribution >= 0.6 is 0 Å². The Morgan fingerprint density at radius 2 is 1.55 bits per heavy atom. The molecule has 2 saturated carbocycles. The molecule has 168 valence electrons. The van der Waals surface area contributed by atoms with E-state index in [0.29, 0.717) is 19.3 Å². The van der Waals surface area contributed by atoms with Gasteiger partial charge in [0.15, 0.2) is 6.79 Å². The zero-order valence-corrected chi connectivity index (χ0v) is 14.9. The van der Waals surface area contributed by atoms with Crippen LogP contribution in [0.3, 0.4) is 0 Å². The Hall–Kier alpha value is -1.50. The van der Waals surface area contributed by atoms with Crippen molar-refractivity contribution in [3.8, 4) is 0 Å². The number of esters is 1. The number of carbonyl (C=O) groups is 1. The molecule has 2 bridgehead atoms. The van der Waals surface area contributed by atoms with Gasteiger partial charge in [0.1, 0.15) is 5.57 Å². The zero-order chi connectivity index (χ0) is 22.4. The van der Waals surface area contributed by atoms with Crippen LogP contribution in [0.4, 0.5) is 39.5 Å². The normalized spacial score (nSPS) is 30.0. The Morgan fingerprint density at radius 3 is 1.97 bits per heavy atom. The number of carbonyl (C=O) groups excluding carboxylic acids is 1. The average Bonchev–Trinajstić information content (AvgIpc) is 3.06. The fourth-order valence-electron chi connectivity index (χ4n) is 4.18. The third kappa shape index (κ3) is 4.07. The smallest absolute Gasteiger partial charge is 0.426 e.